The Balaban J connectivity index is 1.26. The van der Waals surface area contributed by atoms with Crippen LogP contribution in [0, 0.1) is 129 Å². The van der Waals surface area contributed by atoms with Crippen LogP contribution in [0.1, 0.15) is 174 Å². The largest absolute Gasteiger partial charge is 0.0625 e. The molecule has 0 saturated heterocycles. The first-order valence-corrected chi connectivity index (χ1v) is 22.4. The summed E-state index contributed by atoms with van der Waals surface area (Å²) in [5.74, 6) is 17.1. The van der Waals surface area contributed by atoms with Crippen LogP contribution in [0.5, 0.6) is 0 Å². The highest BCUT2D eigenvalue weighted by Crippen LogP contribution is 2.78. The maximum atomic E-state index is 2.91. The number of unbranched alkanes of at least 4 members (excludes halogenated alkanes) is 1. The Morgan fingerprint density at radius 3 is 1.98 bits per heavy atom. The van der Waals surface area contributed by atoms with Crippen LogP contribution < -0.4 is 0 Å². The minimum Gasteiger partial charge on any atom is -0.0625 e. The molecule has 0 aromatic heterocycles. The predicted octanol–water partition coefficient (Wildman–Crippen LogP) is 14.3. The molecule has 6 rings (SSSR count). The SMILES string of the molecule is CC(CCCCC1CCC2C(C)C(C)C(C)C12)CC1C2(C)C(C)C3CCCC(C)C3C(C)C2C(C)C2(C)C(C)C(C(C)C)C(C)CC12C. The van der Waals surface area contributed by atoms with Gasteiger partial charge in [-0.1, -0.05) is 142 Å². The lowest BCUT2D eigenvalue weighted by Gasteiger charge is -2.77. The third kappa shape index (κ3) is 5.35. The molecular formula is C48H86. The standard InChI is InChI=1S/C48H86/c1-27(2)42-30(5)26-46(13)41(25-28(3)19-16-17-21-38-23-24-39-32(7)31(6)33(8)44(38)39)47(14)35(10)40-22-18-20-29(4)43(40)34(9)45(47)37(12)48(46,15)36(42)11/h27-45H,16-26H2,1-15H3. The maximum absolute atomic E-state index is 2.91. The summed E-state index contributed by atoms with van der Waals surface area (Å²) in [6, 6.07) is 0. The van der Waals surface area contributed by atoms with Gasteiger partial charge < -0.3 is 0 Å². The zero-order chi connectivity index (χ0) is 35.2. The first kappa shape index (κ1) is 37.7. The average molecular weight is 663 g/mol. The van der Waals surface area contributed by atoms with E-state index in [0.717, 1.165) is 112 Å². The summed E-state index contributed by atoms with van der Waals surface area (Å²) in [6.45, 7) is 40.7. The highest BCUT2D eigenvalue weighted by Gasteiger charge is 2.73. The summed E-state index contributed by atoms with van der Waals surface area (Å²) >= 11 is 0. The molecule has 0 aliphatic heterocycles. The second-order valence-electron chi connectivity index (χ2n) is 22.3. The molecule has 6 saturated carbocycles. The summed E-state index contributed by atoms with van der Waals surface area (Å²) in [4.78, 5) is 0. The molecule has 21 unspecified atom stereocenters. The van der Waals surface area contributed by atoms with Crippen molar-refractivity contribution >= 4 is 0 Å². The lowest BCUT2D eigenvalue weighted by atomic mass is 9.27. The Bertz CT molecular complexity index is 1100. The zero-order valence-corrected chi connectivity index (χ0v) is 35.2. The number of rotatable bonds is 8. The van der Waals surface area contributed by atoms with Crippen molar-refractivity contribution in [2.45, 2.75) is 174 Å². The number of hydrogen-bond donors (Lipinski definition) is 0. The summed E-state index contributed by atoms with van der Waals surface area (Å²) < 4.78 is 0. The normalized spacial score (nSPS) is 57.1. The molecule has 278 valence electrons. The molecule has 0 N–H and O–H groups in total. The van der Waals surface area contributed by atoms with Gasteiger partial charge in [0.1, 0.15) is 0 Å². The molecule has 6 aliphatic rings. The average Bonchev–Trinajstić information content (AvgIpc) is 3.53. The topological polar surface area (TPSA) is 0 Å². The summed E-state index contributed by atoms with van der Waals surface area (Å²) in [7, 11) is 0. The quantitative estimate of drug-likeness (QED) is 0.227. The fraction of sp³-hybridized carbons (Fsp3) is 1.00. The van der Waals surface area contributed by atoms with Crippen molar-refractivity contribution < 1.29 is 0 Å². The fourth-order valence-corrected chi connectivity index (χ4v) is 18.3. The van der Waals surface area contributed by atoms with Gasteiger partial charge in [0.2, 0.25) is 0 Å². The molecule has 0 radical (unpaired) electrons. The molecule has 6 aliphatic carbocycles. The van der Waals surface area contributed by atoms with Gasteiger partial charge in [-0.2, -0.15) is 0 Å². The first-order valence-electron chi connectivity index (χ1n) is 22.4. The smallest absolute Gasteiger partial charge is 0.0212 e. The molecule has 0 heteroatoms. The molecule has 0 aromatic carbocycles. The highest BCUT2D eigenvalue weighted by atomic mass is 14.8. The molecule has 0 aromatic rings. The minimum absolute atomic E-state index is 0.410. The van der Waals surface area contributed by atoms with E-state index in [1.165, 1.54) is 70.6 Å². The predicted molar refractivity (Wildman–Crippen MR) is 210 cm³/mol. The molecule has 0 spiro atoms. The molecule has 0 bridgehead atoms. The Kier molecular flexibility index (Phi) is 10.6. The Labute approximate surface area is 302 Å². The van der Waals surface area contributed by atoms with Crippen molar-refractivity contribution in [3.63, 3.8) is 0 Å². The van der Waals surface area contributed by atoms with E-state index in [0.29, 0.717) is 16.2 Å². The second kappa shape index (κ2) is 13.4. The zero-order valence-electron chi connectivity index (χ0n) is 35.2. The van der Waals surface area contributed by atoms with Crippen LogP contribution in [-0.4, -0.2) is 0 Å². The monoisotopic (exact) mass is 663 g/mol. The number of fused-ring (bicyclic) bond motifs is 4. The van der Waals surface area contributed by atoms with Gasteiger partial charge in [0.05, 0.1) is 0 Å². The van der Waals surface area contributed by atoms with Crippen molar-refractivity contribution in [3.8, 4) is 0 Å². The van der Waals surface area contributed by atoms with Crippen LogP contribution in [0.25, 0.3) is 0 Å². The third-order valence-electron chi connectivity index (χ3n) is 20.8. The molecule has 6 fully saturated rings. The highest BCUT2D eigenvalue weighted by molar-refractivity contribution is 5.21. The summed E-state index contributed by atoms with van der Waals surface area (Å²) in [6.07, 6.45) is 16.4. The van der Waals surface area contributed by atoms with Gasteiger partial charge in [0, 0.05) is 0 Å². The van der Waals surface area contributed by atoms with Crippen LogP contribution in [-0.2, 0) is 0 Å². The van der Waals surface area contributed by atoms with Crippen molar-refractivity contribution in [2.24, 2.45) is 129 Å². The van der Waals surface area contributed by atoms with Crippen molar-refractivity contribution in [2.75, 3.05) is 0 Å². The van der Waals surface area contributed by atoms with Crippen LogP contribution in [0.2, 0.25) is 0 Å². The molecule has 0 heterocycles. The maximum Gasteiger partial charge on any atom is -0.0212 e. The first-order chi connectivity index (χ1) is 22.4. The van der Waals surface area contributed by atoms with Gasteiger partial charge in [-0.25, -0.2) is 0 Å². The van der Waals surface area contributed by atoms with E-state index in [9.17, 15) is 0 Å². The van der Waals surface area contributed by atoms with Gasteiger partial charge >= 0.3 is 0 Å². The van der Waals surface area contributed by atoms with Gasteiger partial charge in [0.25, 0.3) is 0 Å². The Morgan fingerprint density at radius 2 is 1.31 bits per heavy atom. The van der Waals surface area contributed by atoms with E-state index in [1.54, 1.807) is 0 Å². The van der Waals surface area contributed by atoms with E-state index in [-0.39, 0.29) is 0 Å². The molecule has 0 nitrogen and oxygen atoms in total. The van der Waals surface area contributed by atoms with Crippen LogP contribution in [0.3, 0.4) is 0 Å². The Morgan fingerprint density at radius 1 is 0.625 bits per heavy atom. The molecule has 0 amide bonds. The second-order valence-corrected chi connectivity index (χ2v) is 22.3. The fourth-order valence-electron chi connectivity index (χ4n) is 18.3. The van der Waals surface area contributed by atoms with E-state index >= 15 is 0 Å². The Hall–Kier alpha value is 0. The minimum atomic E-state index is 0.410. The number of hydrogen-bond acceptors (Lipinski definition) is 0. The molecule has 48 heavy (non-hydrogen) atoms. The van der Waals surface area contributed by atoms with E-state index in [4.69, 9.17) is 0 Å². The van der Waals surface area contributed by atoms with Gasteiger partial charge in [-0.15, -0.1) is 0 Å². The molecule has 21 atom stereocenters. The van der Waals surface area contributed by atoms with Crippen LogP contribution >= 0.6 is 0 Å². The van der Waals surface area contributed by atoms with Crippen molar-refractivity contribution in [1.82, 2.24) is 0 Å². The van der Waals surface area contributed by atoms with Crippen molar-refractivity contribution in [3.05, 3.63) is 0 Å². The van der Waals surface area contributed by atoms with Gasteiger partial charge in [-0.3, -0.25) is 0 Å². The van der Waals surface area contributed by atoms with Crippen LogP contribution in [0.4, 0.5) is 0 Å². The summed E-state index contributed by atoms with van der Waals surface area (Å²) in [5.41, 5.74) is 1.28. The van der Waals surface area contributed by atoms with Gasteiger partial charge in [0.15, 0.2) is 0 Å². The van der Waals surface area contributed by atoms with Crippen molar-refractivity contribution in [1.29, 1.82) is 0 Å². The van der Waals surface area contributed by atoms with E-state index in [1.807, 2.05) is 0 Å². The summed E-state index contributed by atoms with van der Waals surface area (Å²) in [5, 5.41) is 0. The molecular weight excluding hydrogens is 577 g/mol. The van der Waals surface area contributed by atoms with Gasteiger partial charge in [-0.05, 0) is 161 Å². The lowest BCUT2D eigenvalue weighted by Crippen LogP contribution is -2.72. The van der Waals surface area contributed by atoms with E-state index in [2.05, 4.69) is 104 Å². The van der Waals surface area contributed by atoms with Crippen LogP contribution in [0.15, 0.2) is 0 Å². The van der Waals surface area contributed by atoms with E-state index < -0.39 is 0 Å². The lowest BCUT2D eigenvalue weighted by molar-refractivity contribution is -0.297. The third-order valence-corrected chi connectivity index (χ3v) is 20.8.